The van der Waals surface area contributed by atoms with Crippen LogP contribution >= 0.6 is 0 Å². The summed E-state index contributed by atoms with van der Waals surface area (Å²) in [5.41, 5.74) is -0.429. The van der Waals surface area contributed by atoms with Gasteiger partial charge in [-0.1, -0.05) is 51.9 Å². The van der Waals surface area contributed by atoms with Gasteiger partial charge in [0, 0.05) is 0 Å². The van der Waals surface area contributed by atoms with Crippen LogP contribution in [0, 0.1) is 28.6 Å². The summed E-state index contributed by atoms with van der Waals surface area (Å²) < 4.78 is 0. The van der Waals surface area contributed by atoms with Gasteiger partial charge in [0.1, 0.15) is 0 Å². The molecular formula is C18H31NO. The molecule has 0 radical (unpaired) electrons. The first-order valence-electron chi connectivity index (χ1n) is 8.79. The third-order valence-electron chi connectivity index (χ3n) is 5.84. The van der Waals surface area contributed by atoms with Crippen molar-refractivity contribution in [3.63, 3.8) is 0 Å². The van der Waals surface area contributed by atoms with Crippen LogP contribution in [0.5, 0.6) is 0 Å². The van der Waals surface area contributed by atoms with Crippen molar-refractivity contribution >= 4 is 0 Å². The minimum atomic E-state index is -0.429. The van der Waals surface area contributed by atoms with Crippen molar-refractivity contribution in [1.82, 2.24) is 0 Å². The van der Waals surface area contributed by atoms with E-state index in [1.807, 2.05) is 0 Å². The van der Waals surface area contributed by atoms with Crippen molar-refractivity contribution in [2.75, 3.05) is 0 Å². The van der Waals surface area contributed by atoms with Gasteiger partial charge in [0.2, 0.25) is 0 Å². The summed E-state index contributed by atoms with van der Waals surface area (Å²) in [7, 11) is 0. The van der Waals surface area contributed by atoms with Gasteiger partial charge in [0.05, 0.1) is 17.6 Å². The maximum Gasteiger partial charge on any atom is 0.0832 e. The summed E-state index contributed by atoms with van der Waals surface area (Å²) in [4.78, 5) is 0. The predicted octanol–water partition coefficient (Wildman–Crippen LogP) is 4.82. The summed E-state index contributed by atoms with van der Waals surface area (Å²) in [6, 6.07) is 2.52. The van der Waals surface area contributed by atoms with Crippen LogP contribution in [0.15, 0.2) is 0 Å². The molecule has 1 unspecified atom stereocenters. The molecule has 0 heterocycles. The second-order valence-electron chi connectivity index (χ2n) is 7.26. The molecule has 0 aromatic carbocycles. The molecule has 20 heavy (non-hydrogen) atoms. The highest BCUT2D eigenvalue weighted by molar-refractivity contribution is 5.06. The highest BCUT2D eigenvalue weighted by atomic mass is 16.3. The fourth-order valence-electron chi connectivity index (χ4n) is 4.37. The van der Waals surface area contributed by atoms with E-state index in [0.29, 0.717) is 5.92 Å². The van der Waals surface area contributed by atoms with E-state index in [1.54, 1.807) is 0 Å². The van der Waals surface area contributed by atoms with Crippen LogP contribution in [0.25, 0.3) is 0 Å². The number of aliphatic hydroxyl groups excluding tert-OH is 1. The summed E-state index contributed by atoms with van der Waals surface area (Å²) in [6.07, 6.45) is 13.6. The number of nitrogens with zero attached hydrogens (tertiary/aromatic N) is 1. The van der Waals surface area contributed by atoms with Crippen LogP contribution in [-0.2, 0) is 0 Å². The smallest absolute Gasteiger partial charge is 0.0832 e. The Kier molecular flexibility index (Phi) is 5.90. The first kappa shape index (κ1) is 15.8. The van der Waals surface area contributed by atoms with Gasteiger partial charge in [0.15, 0.2) is 0 Å². The predicted molar refractivity (Wildman–Crippen MR) is 82.1 cm³/mol. The standard InChI is InChI=1S/C18H31NO/c1-2-6-15-9-11-18(14-19,12-10-15)17(20)13-16-7-4-3-5-8-16/h15-17,20H,2-13H2,1H3. The fourth-order valence-corrected chi connectivity index (χ4v) is 4.37. The van der Waals surface area contributed by atoms with E-state index in [4.69, 9.17) is 0 Å². The van der Waals surface area contributed by atoms with Gasteiger partial charge in [-0.15, -0.1) is 0 Å². The first-order valence-corrected chi connectivity index (χ1v) is 8.79. The van der Waals surface area contributed by atoms with Crippen LogP contribution in [0.2, 0.25) is 0 Å². The maximum atomic E-state index is 10.7. The zero-order chi connectivity index (χ0) is 14.4. The summed E-state index contributed by atoms with van der Waals surface area (Å²) in [5.74, 6) is 1.46. The quantitative estimate of drug-likeness (QED) is 0.783. The average Bonchev–Trinajstić information content (AvgIpc) is 2.49. The number of rotatable bonds is 5. The van der Waals surface area contributed by atoms with Crippen LogP contribution < -0.4 is 0 Å². The highest BCUT2D eigenvalue weighted by Crippen LogP contribution is 2.45. The molecule has 2 aliphatic rings. The van der Waals surface area contributed by atoms with Crippen molar-refractivity contribution in [2.45, 2.75) is 90.1 Å². The molecule has 114 valence electrons. The number of hydrogen-bond donors (Lipinski definition) is 1. The van der Waals surface area contributed by atoms with E-state index in [0.717, 1.165) is 38.0 Å². The molecule has 2 saturated carbocycles. The van der Waals surface area contributed by atoms with Gasteiger partial charge in [-0.3, -0.25) is 0 Å². The Balaban J connectivity index is 1.88. The molecule has 2 fully saturated rings. The topological polar surface area (TPSA) is 44.0 Å². The van der Waals surface area contributed by atoms with E-state index >= 15 is 0 Å². The zero-order valence-corrected chi connectivity index (χ0v) is 13.1. The van der Waals surface area contributed by atoms with E-state index in [2.05, 4.69) is 13.0 Å². The van der Waals surface area contributed by atoms with Crippen LogP contribution in [0.4, 0.5) is 0 Å². The molecule has 2 heteroatoms. The first-order chi connectivity index (χ1) is 9.70. The molecule has 1 N–H and O–H groups in total. The van der Waals surface area contributed by atoms with Gasteiger partial charge in [0.25, 0.3) is 0 Å². The Morgan fingerprint density at radius 2 is 1.75 bits per heavy atom. The second-order valence-corrected chi connectivity index (χ2v) is 7.26. The third-order valence-corrected chi connectivity index (χ3v) is 5.84. The molecule has 0 bridgehead atoms. The number of aliphatic hydroxyl groups is 1. The van der Waals surface area contributed by atoms with Crippen molar-refractivity contribution in [2.24, 2.45) is 17.3 Å². The summed E-state index contributed by atoms with van der Waals surface area (Å²) in [6.45, 7) is 2.24. The van der Waals surface area contributed by atoms with Gasteiger partial charge in [-0.25, -0.2) is 0 Å². The van der Waals surface area contributed by atoms with Gasteiger partial charge in [-0.05, 0) is 43.9 Å². The van der Waals surface area contributed by atoms with Gasteiger partial charge < -0.3 is 5.11 Å². The Morgan fingerprint density at radius 1 is 1.10 bits per heavy atom. The van der Waals surface area contributed by atoms with E-state index in [1.165, 1.54) is 44.9 Å². The average molecular weight is 277 g/mol. The molecule has 2 rings (SSSR count). The molecule has 2 nitrogen and oxygen atoms in total. The lowest BCUT2D eigenvalue weighted by Gasteiger charge is -2.39. The monoisotopic (exact) mass is 277 g/mol. The Morgan fingerprint density at radius 3 is 2.30 bits per heavy atom. The van der Waals surface area contributed by atoms with Crippen molar-refractivity contribution in [1.29, 1.82) is 5.26 Å². The number of nitriles is 1. The van der Waals surface area contributed by atoms with E-state index in [9.17, 15) is 10.4 Å². The maximum absolute atomic E-state index is 10.7. The SMILES string of the molecule is CCCC1CCC(C#N)(C(O)CC2CCCCC2)CC1. The lowest BCUT2D eigenvalue weighted by atomic mass is 9.65. The van der Waals surface area contributed by atoms with Gasteiger partial charge >= 0.3 is 0 Å². The van der Waals surface area contributed by atoms with E-state index < -0.39 is 11.5 Å². The molecule has 0 aromatic rings. The summed E-state index contributed by atoms with van der Waals surface area (Å²) >= 11 is 0. The normalized spacial score (nSPS) is 33.5. The van der Waals surface area contributed by atoms with Crippen molar-refractivity contribution < 1.29 is 5.11 Å². The Labute approximate surface area is 124 Å². The lowest BCUT2D eigenvalue weighted by molar-refractivity contribution is 0.00478. The molecular weight excluding hydrogens is 246 g/mol. The summed E-state index contributed by atoms with van der Waals surface area (Å²) in [5, 5.41) is 20.3. The third kappa shape index (κ3) is 3.76. The lowest BCUT2D eigenvalue weighted by Crippen LogP contribution is -2.39. The minimum Gasteiger partial charge on any atom is -0.391 e. The molecule has 2 aliphatic carbocycles. The van der Waals surface area contributed by atoms with E-state index in [-0.39, 0.29) is 0 Å². The molecule has 1 atom stereocenters. The molecule has 0 aromatic heterocycles. The van der Waals surface area contributed by atoms with Crippen molar-refractivity contribution in [3.05, 3.63) is 0 Å². The second kappa shape index (κ2) is 7.46. The van der Waals surface area contributed by atoms with Gasteiger partial charge in [-0.2, -0.15) is 5.26 Å². The van der Waals surface area contributed by atoms with Crippen molar-refractivity contribution in [3.8, 4) is 6.07 Å². The van der Waals surface area contributed by atoms with Crippen LogP contribution in [0.1, 0.15) is 84.0 Å². The number of hydrogen-bond acceptors (Lipinski definition) is 2. The molecule has 0 amide bonds. The largest absolute Gasteiger partial charge is 0.391 e. The molecule has 0 aliphatic heterocycles. The molecule has 0 spiro atoms. The fraction of sp³-hybridized carbons (Fsp3) is 0.944. The Bertz CT molecular complexity index is 319. The molecule has 0 saturated heterocycles. The Hall–Kier alpha value is -0.550. The zero-order valence-electron chi connectivity index (χ0n) is 13.1. The highest BCUT2D eigenvalue weighted by Gasteiger charge is 2.42. The van der Waals surface area contributed by atoms with Crippen LogP contribution in [-0.4, -0.2) is 11.2 Å². The van der Waals surface area contributed by atoms with Crippen LogP contribution in [0.3, 0.4) is 0 Å². The minimum absolute atomic E-state index is 0.391.